The second-order valence-electron chi connectivity index (χ2n) is 9.80. The molecule has 4 aliphatic heterocycles. The largest absolute Gasteiger partial charge is 0.390 e. The molecule has 11 heteroatoms. The molecular weight excluding hydrogens is 468 g/mol. The minimum atomic E-state index is -0.692. The lowest BCUT2D eigenvalue weighted by Gasteiger charge is -2.44. The first-order chi connectivity index (χ1) is 16.6. The zero-order valence-corrected chi connectivity index (χ0v) is 21.4. The van der Waals surface area contributed by atoms with Gasteiger partial charge in [-0.1, -0.05) is 11.6 Å². The molecule has 35 heavy (non-hydrogen) atoms. The second-order valence-corrected chi connectivity index (χ2v) is 10.2. The summed E-state index contributed by atoms with van der Waals surface area (Å²) in [6.45, 7) is 6.99. The maximum Gasteiger partial charge on any atom is 0.271 e. The Morgan fingerprint density at radius 2 is 2.17 bits per heavy atom. The summed E-state index contributed by atoms with van der Waals surface area (Å²) in [5, 5.41) is 32.3. The van der Waals surface area contributed by atoms with E-state index in [-0.39, 0.29) is 28.4 Å². The quantitative estimate of drug-likeness (QED) is 0.341. The highest BCUT2D eigenvalue weighted by atomic mass is 35.5. The molecule has 0 radical (unpaired) electrons. The van der Waals surface area contributed by atoms with Crippen LogP contribution in [0.2, 0.25) is 0 Å². The fraction of sp³-hybridized carbons (Fsp3) is 0.583. The van der Waals surface area contributed by atoms with Crippen molar-refractivity contribution in [3.05, 3.63) is 34.4 Å². The van der Waals surface area contributed by atoms with Crippen molar-refractivity contribution in [2.45, 2.75) is 57.7 Å². The monoisotopic (exact) mass is 500 g/mol. The number of β-amino-alcohol motifs (C(OH)–C–C–N with tert-alkyl or cyclic N) is 1. The van der Waals surface area contributed by atoms with E-state index in [0.717, 1.165) is 36.5 Å². The van der Waals surface area contributed by atoms with E-state index in [1.165, 1.54) is 0 Å². The number of aliphatic hydroxyl groups is 1. The molecule has 0 spiro atoms. The number of rotatable bonds is 4. The molecule has 0 aliphatic carbocycles. The number of hydrogen-bond acceptors (Lipinski definition) is 9. The van der Waals surface area contributed by atoms with E-state index in [4.69, 9.17) is 22.0 Å². The summed E-state index contributed by atoms with van der Waals surface area (Å²) in [5.41, 5.74) is 4.25. The third-order valence-electron chi connectivity index (χ3n) is 7.16. The molecule has 0 saturated carbocycles. The summed E-state index contributed by atoms with van der Waals surface area (Å²) in [7, 11) is 1.64. The molecule has 188 valence electrons. The number of amidine groups is 1. The third-order valence-corrected chi connectivity index (χ3v) is 7.63. The lowest BCUT2D eigenvalue weighted by Crippen LogP contribution is -2.61. The van der Waals surface area contributed by atoms with Crippen molar-refractivity contribution in [2.24, 2.45) is 10.9 Å². The number of hydrazine groups is 1. The van der Waals surface area contributed by atoms with E-state index in [1.807, 2.05) is 34.0 Å². The highest BCUT2D eigenvalue weighted by Crippen LogP contribution is 2.36. The van der Waals surface area contributed by atoms with Crippen molar-refractivity contribution in [3.8, 4) is 6.07 Å². The zero-order valence-electron chi connectivity index (χ0n) is 20.6. The van der Waals surface area contributed by atoms with Crippen LogP contribution in [0.5, 0.6) is 0 Å². The predicted molar refractivity (Wildman–Crippen MR) is 134 cm³/mol. The number of aliphatic hydroxyl groups excluding tert-OH is 1. The summed E-state index contributed by atoms with van der Waals surface area (Å²) in [5.74, 6) is 0.820. The van der Waals surface area contributed by atoms with Crippen molar-refractivity contribution in [2.75, 3.05) is 26.7 Å². The van der Waals surface area contributed by atoms with Gasteiger partial charge < -0.3 is 25.6 Å². The summed E-state index contributed by atoms with van der Waals surface area (Å²) in [4.78, 5) is 22.2. The third kappa shape index (κ3) is 4.56. The number of halogens is 1. The summed E-state index contributed by atoms with van der Waals surface area (Å²) >= 11 is 6.30. The first-order valence-electron chi connectivity index (χ1n) is 11.9. The number of aliphatic imine (C=N–C) groups is 1. The minimum Gasteiger partial charge on any atom is -0.390 e. The highest BCUT2D eigenvalue weighted by Gasteiger charge is 2.46. The smallest absolute Gasteiger partial charge is 0.271 e. The van der Waals surface area contributed by atoms with Gasteiger partial charge in [-0.05, 0) is 46.1 Å². The topological polar surface area (TPSA) is 131 Å². The highest BCUT2D eigenvalue weighted by molar-refractivity contribution is 6.44. The first-order valence-corrected chi connectivity index (χ1v) is 12.3. The Balaban J connectivity index is 1.63. The molecule has 2 fully saturated rings. The van der Waals surface area contributed by atoms with Crippen LogP contribution in [0, 0.1) is 22.7 Å². The van der Waals surface area contributed by atoms with Gasteiger partial charge in [0.2, 0.25) is 0 Å². The molecule has 1 amide bonds. The Kier molecular flexibility index (Phi) is 6.95. The van der Waals surface area contributed by atoms with Gasteiger partial charge in [0, 0.05) is 44.2 Å². The molecule has 0 bridgehead atoms. The number of nitriles is 1. The maximum atomic E-state index is 13.5. The van der Waals surface area contributed by atoms with Gasteiger partial charge in [-0.3, -0.25) is 9.80 Å². The van der Waals surface area contributed by atoms with Gasteiger partial charge in [0.25, 0.3) is 5.91 Å². The van der Waals surface area contributed by atoms with Gasteiger partial charge in [0.05, 0.1) is 34.7 Å². The number of nitrogens with zero attached hydrogens (tertiary/aromatic N) is 5. The number of likely N-dealkylation sites (N-methyl/N-ethyl adjacent to an activating group) is 1. The molecule has 2 saturated heterocycles. The lowest BCUT2D eigenvalue weighted by atomic mass is 9.85. The van der Waals surface area contributed by atoms with Crippen LogP contribution in [0.3, 0.4) is 0 Å². The Morgan fingerprint density at radius 3 is 2.80 bits per heavy atom. The van der Waals surface area contributed by atoms with E-state index in [1.54, 1.807) is 14.0 Å². The van der Waals surface area contributed by atoms with Crippen molar-refractivity contribution < 1.29 is 9.90 Å². The van der Waals surface area contributed by atoms with Crippen LogP contribution in [-0.2, 0) is 4.79 Å². The average molecular weight is 501 g/mol. The standard InChI is InChI=1S/C24H33ClN8O2/c1-14-11-33-19(29-22(14)31-12-16(10-26)17(34)13-31)9-24(3,30-33)18-7-5-6-8-32(18)23(35)21(28-4)20(25)15(2)27/h9,11,16-18,27-28,30,34H,5-8,12-13H2,1-4H3/b21-20+,27-15?/t16-,17+,18+,24?/m1/s1. The van der Waals surface area contributed by atoms with Crippen molar-refractivity contribution in [1.82, 2.24) is 25.6 Å². The molecule has 4 heterocycles. The second kappa shape index (κ2) is 9.64. The van der Waals surface area contributed by atoms with Gasteiger partial charge in [0.15, 0.2) is 0 Å². The fourth-order valence-electron chi connectivity index (χ4n) is 5.34. The summed E-state index contributed by atoms with van der Waals surface area (Å²) < 4.78 is 0. The Labute approximate surface area is 211 Å². The number of nitrogens with one attached hydrogen (secondary N) is 3. The minimum absolute atomic E-state index is 0.124. The number of fused-ring (bicyclic) bond motifs is 1. The summed E-state index contributed by atoms with van der Waals surface area (Å²) in [6.07, 6.45) is 6.03. The van der Waals surface area contributed by atoms with E-state index in [9.17, 15) is 15.2 Å². The number of amides is 1. The number of allylic oxidation sites excluding steroid dienone is 1. The van der Waals surface area contributed by atoms with Crippen LogP contribution in [0.4, 0.5) is 0 Å². The first kappa shape index (κ1) is 25.2. The van der Waals surface area contributed by atoms with Gasteiger partial charge in [-0.15, -0.1) is 0 Å². The molecule has 0 aromatic heterocycles. The Morgan fingerprint density at radius 1 is 1.43 bits per heavy atom. The average Bonchev–Trinajstić information content (AvgIpc) is 3.37. The normalized spacial score (nSPS) is 31.2. The van der Waals surface area contributed by atoms with Gasteiger partial charge in [-0.2, -0.15) is 5.26 Å². The Bertz CT molecular complexity index is 1090. The van der Waals surface area contributed by atoms with Gasteiger partial charge in [-0.25, -0.2) is 10.4 Å². The van der Waals surface area contributed by atoms with Crippen LogP contribution in [0.25, 0.3) is 0 Å². The number of carbonyl (C=O) groups excluding carboxylic acids is 1. The molecular formula is C24H33ClN8O2. The van der Waals surface area contributed by atoms with Crippen molar-refractivity contribution in [3.63, 3.8) is 0 Å². The number of carbonyl (C=O) groups is 1. The number of hydrogen-bond donors (Lipinski definition) is 4. The van der Waals surface area contributed by atoms with E-state index < -0.39 is 17.6 Å². The van der Waals surface area contributed by atoms with Crippen LogP contribution < -0.4 is 10.7 Å². The molecule has 10 nitrogen and oxygen atoms in total. The SMILES string of the molecule is CN/C(C(=O)N1CCCC[C@H]1C1(C)C=C2N=C(N3C[C@@H](C#N)[C@@H](O)C3)C(C)=CN2N1)=C(/Cl)C(C)=N. The fourth-order valence-corrected chi connectivity index (χ4v) is 5.51. The van der Waals surface area contributed by atoms with E-state index in [2.05, 4.69) is 23.7 Å². The molecule has 1 unspecified atom stereocenters. The van der Waals surface area contributed by atoms with Gasteiger partial charge >= 0.3 is 0 Å². The Hall–Kier alpha value is -2.87. The van der Waals surface area contributed by atoms with Crippen molar-refractivity contribution in [1.29, 1.82) is 10.7 Å². The lowest BCUT2D eigenvalue weighted by molar-refractivity contribution is -0.132. The van der Waals surface area contributed by atoms with E-state index >= 15 is 0 Å². The molecule has 4 N–H and O–H groups in total. The zero-order chi connectivity index (χ0) is 25.5. The number of piperidine rings is 1. The van der Waals surface area contributed by atoms with Crippen LogP contribution in [0.1, 0.15) is 40.0 Å². The molecule has 4 rings (SSSR count). The van der Waals surface area contributed by atoms with E-state index in [0.29, 0.717) is 19.6 Å². The van der Waals surface area contributed by atoms with Crippen molar-refractivity contribution >= 4 is 29.1 Å². The predicted octanol–water partition coefficient (Wildman–Crippen LogP) is 1.63. The molecule has 4 atom stereocenters. The van der Waals surface area contributed by atoms with Crippen LogP contribution >= 0.6 is 11.6 Å². The summed E-state index contributed by atoms with van der Waals surface area (Å²) in [6, 6.07) is 2.02. The van der Waals surface area contributed by atoms with Gasteiger partial charge in [0.1, 0.15) is 17.4 Å². The number of likely N-dealkylation sites (tertiary alicyclic amines) is 2. The van der Waals surface area contributed by atoms with Crippen LogP contribution in [0.15, 0.2) is 39.4 Å². The molecule has 0 aromatic rings. The molecule has 4 aliphatic rings. The molecule has 0 aromatic carbocycles. The maximum absolute atomic E-state index is 13.5. The van der Waals surface area contributed by atoms with Crippen LogP contribution in [-0.4, -0.2) is 81.7 Å².